The van der Waals surface area contributed by atoms with E-state index in [9.17, 15) is 15.3 Å². The highest BCUT2D eigenvalue weighted by atomic mass is 32.4. The summed E-state index contributed by atoms with van der Waals surface area (Å²) < 4.78 is 52.8. The van der Waals surface area contributed by atoms with Crippen LogP contribution in [0.15, 0.2) is 0 Å². The molecule has 15 heteroatoms. The van der Waals surface area contributed by atoms with Crippen LogP contribution in [0.4, 0.5) is 0 Å². The van der Waals surface area contributed by atoms with Crippen molar-refractivity contribution in [2.45, 2.75) is 165 Å². The molecule has 4 saturated heterocycles. The Hall–Kier alpha value is -0.261. The van der Waals surface area contributed by atoms with E-state index >= 15 is 0 Å². The van der Waals surface area contributed by atoms with Crippen LogP contribution in [-0.2, 0) is 44.9 Å². The summed E-state index contributed by atoms with van der Waals surface area (Å²) in [6.45, 7) is 19.7. The molecule has 267 valence electrons. The first-order valence-corrected chi connectivity index (χ1v) is 23.4. The van der Waals surface area contributed by atoms with Crippen molar-refractivity contribution in [3.05, 3.63) is 0 Å². The minimum Gasteiger partial charge on any atom is -0.441 e. The van der Waals surface area contributed by atoms with E-state index in [0.29, 0.717) is 0 Å². The lowest BCUT2D eigenvalue weighted by molar-refractivity contribution is -0.232. The zero-order valence-electron chi connectivity index (χ0n) is 31.8. The van der Waals surface area contributed by atoms with Crippen LogP contribution in [0.25, 0.3) is 0 Å². The Morgan fingerprint density at radius 1 is 0.766 bits per heavy atom. The van der Waals surface area contributed by atoms with Gasteiger partial charge in [0.25, 0.3) is 8.01 Å². The molecule has 47 heavy (non-hydrogen) atoms. The molecule has 1 radical (unpaired) electrons. The van der Waals surface area contributed by atoms with Gasteiger partial charge in [-0.3, -0.25) is 0 Å². The molecule has 0 aliphatic carbocycles. The van der Waals surface area contributed by atoms with Gasteiger partial charge in [-0.05, 0) is 71.9 Å². The first kappa shape index (κ1) is 39.5. The molecule has 0 aromatic carbocycles. The Morgan fingerprint density at radius 3 is 1.47 bits per heavy atom. The standard InChI is InChI=1S/C16H28BO5Si.C16H28O5Si.HPS/c1-6-23(7-2,8-3)10-9-16(11-19-17)13(18)12-14(22-16)21-15(4,5)20-12;1-6-22(7-2,8-3)10-9-16(11-17)13(18)12-14(21-16)20-15(4,5)19-12;1-2/h12-14,17-18H,6-8,11H2,1-5H3;12-14,17-18H,6-8,11H2,1-5H3;1H/t2*12?,13-,14+,16+;/m00./s1/i17T;;1D. The zero-order valence-corrected chi connectivity index (χ0v) is 33.5. The molecular weight excluding hydrogens is 674 g/mol. The van der Waals surface area contributed by atoms with Gasteiger partial charge in [-0.15, -0.1) is 11.1 Å². The smallest absolute Gasteiger partial charge is 0.271 e. The fraction of sp³-hybridized carbons (Fsp3) is 0.875. The predicted octanol–water partition coefficient (Wildman–Crippen LogP) is 3.71. The molecule has 4 rings (SSSR count). The van der Waals surface area contributed by atoms with Gasteiger partial charge in [-0.25, -0.2) is 0 Å². The van der Waals surface area contributed by atoms with Crippen molar-refractivity contribution in [2.24, 2.45) is 0 Å². The van der Waals surface area contributed by atoms with E-state index in [-0.39, 0.29) is 21.2 Å². The van der Waals surface area contributed by atoms with Crippen molar-refractivity contribution in [3.8, 4) is 22.9 Å². The third-order valence-corrected chi connectivity index (χ3v) is 19.5. The second-order valence-corrected chi connectivity index (χ2v) is 23.4. The Morgan fingerprint density at radius 2 is 1.13 bits per heavy atom. The number of hydrogen-bond acceptors (Lipinski definition) is 11. The Bertz CT molecular complexity index is 1200. The van der Waals surface area contributed by atoms with Gasteiger partial charge in [0.05, 0.1) is 13.2 Å². The maximum atomic E-state index is 10.8. The van der Waals surface area contributed by atoms with Crippen LogP contribution in [0.2, 0.25) is 36.3 Å². The minimum absolute atomic E-state index is 0.0214. The third-order valence-electron chi connectivity index (χ3n) is 10.1. The molecule has 2 unspecified atom stereocenters. The monoisotopic (exact) mass is 734 g/mol. The quantitative estimate of drug-likeness (QED) is 0.173. The molecule has 0 aromatic heterocycles. The van der Waals surface area contributed by atoms with Crippen LogP contribution >= 0.6 is 7.96 Å². The summed E-state index contributed by atoms with van der Waals surface area (Å²) >= 11 is 4.03. The molecule has 0 bridgehead atoms. The highest BCUT2D eigenvalue weighted by molar-refractivity contribution is 7.88. The molecule has 4 heterocycles. The molecule has 8 atom stereocenters. The summed E-state index contributed by atoms with van der Waals surface area (Å²) in [6, 6.07) is 6.32. The lowest BCUT2D eigenvalue weighted by atomic mass is 9.97. The average Bonchev–Trinajstić information content (AvgIpc) is 3.72. The first-order valence-electron chi connectivity index (χ1n) is 17.7. The number of ether oxygens (including phenoxy) is 6. The number of aliphatic hydroxyl groups excluding tert-OH is 3. The number of fused-ring (bicyclic) bond motifs is 2. The van der Waals surface area contributed by atoms with Crippen LogP contribution in [0.3, 0.4) is 0 Å². The Balaban J connectivity index is 0.000000316. The predicted molar refractivity (Wildman–Crippen MR) is 193 cm³/mol. The van der Waals surface area contributed by atoms with Crippen molar-refractivity contribution < 1.29 is 48.4 Å². The molecule has 0 amide bonds. The molecule has 4 aliphatic rings. The topological polar surface area (TPSA) is 125 Å². The van der Waals surface area contributed by atoms with Gasteiger partial charge in [0.2, 0.25) is 0 Å². The van der Waals surface area contributed by atoms with Gasteiger partial charge < -0.3 is 48.4 Å². The minimum atomic E-state index is -1.71. The fourth-order valence-electron chi connectivity index (χ4n) is 6.37. The maximum absolute atomic E-state index is 10.8. The van der Waals surface area contributed by atoms with E-state index in [1.54, 1.807) is 27.7 Å². The normalized spacial score (nSPS) is 35.3. The number of aliphatic hydroxyl groups is 3. The Labute approximate surface area is 295 Å². The second kappa shape index (κ2) is 17.3. The van der Waals surface area contributed by atoms with Gasteiger partial charge in [0.1, 0.15) is 41.8 Å². The van der Waals surface area contributed by atoms with E-state index in [4.69, 9.17) is 35.7 Å². The molecule has 3 N–H and O–H groups in total. The fourth-order valence-corrected chi connectivity index (χ4v) is 11.4. The zero-order chi connectivity index (χ0) is 37.3. The molecular formula is C32H57BO10PSSi2. The van der Waals surface area contributed by atoms with Crippen molar-refractivity contribution >= 4 is 43.9 Å². The summed E-state index contributed by atoms with van der Waals surface area (Å²) in [6.07, 6.45) is -4.60. The average molecular weight is 735 g/mol. The molecule has 10 nitrogen and oxygen atoms in total. The lowest BCUT2D eigenvalue weighted by Crippen LogP contribution is -2.48. The van der Waals surface area contributed by atoms with E-state index in [0.717, 1.165) is 44.3 Å². The van der Waals surface area contributed by atoms with Crippen molar-refractivity contribution in [1.29, 1.82) is 2.61 Å². The third kappa shape index (κ3) is 9.35. The summed E-state index contributed by atoms with van der Waals surface area (Å²) in [7, 11) is -2.31. The number of hydrogen-bond donors (Lipinski definition) is 3. The summed E-state index contributed by atoms with van der Waals surface area (Å²) in [5, 5.41) is 31.2. The van der Waals surface area contributed by atoms with Crippen LogP contribution in [0, 0.1) is 22.9 Å². The summed E-state index contributed by atoms with van der Waals surface area (Å²) in [5.41, 5.74) is 4.32. The summed E-state index contributed by atoms with van der Waals surface area (Å²) in [5.74, 6) is 4.66. The largest absolute Gasteiger partial charge is 0.441 e. The molecule has 0 aromatic rings. The molecule has 0 saturated carbocycles. The van der Waals surface area contributed by atoms with Crippen LogP contribution in [-0.4, -0.2) is 115 Å². The Kier molecular flexibility index (Phi) is 14.6. The SMILES string of the molecule is CC[Si](C#C[C@]1(CO)O[C@H]2OC(C)(C)OC2[C@@H]1O)(CC)CC.[2H]P=S.[3H][B]OC[C@@]1(C#C[Si](CC)(CC)CC)O[C@H]2OC(C)(C)OC2[C@@H]1O. The van der Waals surface area contributed by atoms with Crippen molar-refractivity contribution in [2.75, 3.05) is 13.2 Å². The van der Waals surface area contributed by atoms with Crippen LogP contribution in [0.1, 0.15) is 69.2 Å². The van der Waals surface area contributed by atoms with E-state index < -0.39 is 75.9 Å². The molecule has 0 spiro atoms. The van der Waals surface area contributed by atoms with E-state index in [1.807, 2.05) is 0 Å². The maximum Gasteiger partial charge on any atom is 0.271 e. The first-order chi connectivity index (χ1) is 22.9. The van der Waals surface area contributed by atoms with Crippen molar-refractivity contribution in [1.82, 2.24) is 0 Å². The van der Waals surface area contributed by atoms with Crippen LogP contribution < -0.4 is 0 Å². The molecule has 4 fully saturated rings. The number of rotatable bonds is 10. The highest BCUT2D eigenvalue weighted by Gasteiger charge is 2.62. The van der Waals surface area contributed by atoms with Gasteiger partial charge in [-0.2, -0.15) is 0 Å². The highest BCUT2D eigenvalue weighted by Crippen LogP contribution is 2.43. The lowest BCUT2D eigenvalue weighted by Gasteiger charge is -2.30. The van der Waals surface area contributed by atoms with Crippen molar-refractivity contribution in [3.63, 3.8) is 0 Å². The van der Waals surface area contributed by atoms with Gasteiger partial charge in [0.15, 0.2) is 35.4 Å². The second-order valence-electron chi connectivity index (χ2n) is 13.5. The van der Waals surface area contributed by atoms with E-state index in [1.165, 1.54) is 0 Å². The van der Waals surface area contributed by atoms with Gasteiger partial charge in [-0.1, -0.05) is 65.2 Å². The van der Waals surface area contributed by atoms with Crippen LogP contribution in [0.5, 0.6) is 0 Å². The summed E-state index contributed by atoms with van der Waals surface area (Å²) in [4.78, 5) is 0. The van der Waals surface area contributed by atoms with E-state index in [2.05, 4.69) is 76.3 Å². The molecule has 4 aliphatic heterocycles. The van der Waals surface area contributed by atoms with Gasteiger partial charge in [0, 0.05) is 1.34 Å². The van der Waals surface area contributed by atoms with Gasteiger partial charge >= 0.3 is 0 Å².